The Bertz CT molecular complexity index is 430. The first kappa shape index (κ1) is 13.3. The van der Waals surface area contributed by atoms with Gasteiger partial charge in [-0.3, -0.25) is 0 Å². The van der Waals surface area contributed by atoms with E-state index in [2.05, 4.69) is 25.2 Å². The van der Waals surface area contributed by atoms with Gasteiger partial charge in [-0.05, 0) is 17.7 Å². The average Bonchev–Trinajstić information content (AvgIpc) is 2.34. The molecule has 0 spiro atoms. The van der Waals surface area contributed by atoms with Gasteiger partial charge in [0, 0.05) is 12.6 Å². The maximum Gasteiger partial charge on any atom is 0.136 e. The van der Waals surface area contributed by atoms with Gasteiger partial charge in [0.1, 0.15) is 11.8 Å². The molecule has 1 N–H and O–H groups in total. The summed E-state index contributed by atoms with van der Waals surface area (Å²) in [6, 6.07) is 8.17. The number of methoxy groups -OCH3 is 1. The van der Waals surface area contributed by atoms with E-state index in [1.54, 1.807) is 7.11 Å². The third-order valence-electron chi connectivity index (χ3n) is 2.30. The molecule has 1 aromatic rings. The van der Waals surface area contributed by atoms with Gasteiger partial charge >= 0.3 is 0 Å². The summed E-state index contributed by atoms with van der Waals surface area (Å²) in [6.45, 7) is 5.04. The fraction of sp³-hybridized carbons (Fsp3) is 0.357. The smallest absolute Gasteiger partial charge is 0.136 e. The lowest BCUT2D eigenvalue weighted by Gasteiger charge is -2.04. The van der Waals surface area contributed by atoms with E-state index in [1.807, 2.05) is 30.4 Å². The molecule has 1 aromatic carbocycles. The zero-order chi connectivity index (χ0) is 12.7. The molecule has 0 saturated carbocycles. The van der Waals surface area contributed by atoms with Gasteiger partial charge in [-0.25, -0.2) is 0 Å². The summed E-state index contributed by atoms with van der Waals surface area (Å²) in [5, 5.41) is 12.2. The zero-order valence-electron chi connectivity index (χ0n) is 10.5. The van der Waals surface area contributed by atoms with Gasteiger partial charge in [-0.15, -0.1) is 0 Å². The van der Waals surface area contributed by atoms with Crippen molar-refractivity contribution in [3.05, 3.63) is 35.4 Å². The molecule has 3 nitrogen and oxygen atoms in total. The highest BCUT2D eigenvalue weighted by Gasteiger charge is 2.01. The van der Waals surface area contributed by atoms with Crippen LogP contribution < -0.4 is 10.1 Å². The second-order valence-corrected chi connectivity index (χ2v) is 4.04. The molecule has 0 aromatic heterocycles. The van der Waals surface area contributed by atoms with Gasteiger partial charge in [0.05, 0.1) is 12.7 Å². The van der Waals surface area contributed by atoms with Crippen molar-refractivity contribution in [3.8, 4) is 11.8 Å². The predicted molar refractivity (Wildman–Crippen MR) is 69.9 cm³/mol. The Balaban J connectivity index is 2.70. The fourth-order valence-corrected chi connectivity index (χ4v) is 1.42. The maximum absolute atomic E-state index is 8.95. The third kappa shape index (κ3) is 4.29. The van der Waals surface area contributed by atoms with E-state index in [4.69, 9.17) is 10.00 Å². The van der Waals surface area contributed by atoms with Crippen molar-refractivity contribution in [3.63, 3.8) is 0 Å². The fourth-order valence-electron chi connectivity index (χ4n) is 1.42. The molecule has 0 saturated heterocycles. The minimum Gasteiger partial charge on any atom is -0.495 e. The standard InChI is InChI=1S/C14H18N2O/c1-11(2)16-8-4-5-12-6-7-14(17-3)13(9-12)10-15/h4-7,9,11,16H,8H2,1-3H3. The number of nitrogens with zero attached hydrogens (tertiary/aromatic N) is 1. The molecule has 0 fully saturated rings. The largest absolute Gasteiger partial charge is 0.495 e. The number of nitriles is 1. The Morgan fingerprint density at radius 1 is 1.47 bits per heavy atom. The molecule has 0 amide bonds. The Morgan fingerprint density at radius 3 is 2.82 bits per heavy atom. The maximum atomic E-state index is 8.95. The van der Waals surface area contributed by atoms with Crippen LogP contribution in [0.1, 0.15) is 25.0 Å². The average molecular weight is 230 g/mol. The van der Waals surface area contributed by atoms with E-state index in [1.165, 1.54) is 0 Å². The third-order valence-corrected chi connectivity index (χ3v) is 2.30. The summed E-state index contributed by atoms with van der Waals surface area (Å²) in [6.07, 6.45) is 4.04. The Morgan fingerprint density at radius 2 is 2.24 bits per heavy atom. The number of benzene rings is 1. The number of nitrogens with one attached hydrogen (secondary N) is 1. The van der Waals surface area contributed by atoms with Crippen LogP contribution in [0.4, 0.5) is 0 Å². The lowest BCUT2D eigenvalue weighted by Crippen LogP contribution is -2.22. The molecule has 0 radical (unpaired) electrons. The zero-order valence-corrected chi connectivity index (χ0v) is 10.5. The van der Waals surface area contributed by atoms with Gasteiger partial charge in [-0.1, -0.05) is 32.1 Å². The van der Waals surface area contributed by atoms with Gasteiger partial charge in [-0.2, -0.15) is 5.26 Å². The van der Waals surface area contributed by atoms with Crippen LogP contribution >= 0.6 is 0 Å². The van der Waals surface area contributed by atoms with E-state index in [0.717, 1.165) is 12.1 Å². The second-order valence-electron chi connectivity index (χ2n) is 4.04. The summed E-state index contributed by atoms with van der Waals surface area (Å²) in [4.78, 5) is 0. The number of hydrogen-bond donors (Lipinski definition) is 1. The van der Waals surface area contributed by atoms with Crippen LogP contribution in [0.3, 0.4) is 0 Å². The summed E-state index contributed by atoms with van der Waals surface area (Å²) >= 11 is 0. The monoisotopic (exact) mass is 230 g/mol. The molecule has 0 unspecified atom stereocenters. The molecule has 0 atom stereocenters. The van der Waals surface area contributed by atoms with Gasteiger partial charge in [0.2, 0.25) is 0 Å². The van der Waals surface area contributed by atoms with Gasteiger partial charge < -0.3 is 10.1 Å². The van der Waals surface area contributed by atoms with Crippen molar-refractivity contribution in [1.82, 2.24) is 5.32 Å². The molecule has 1 rings (SSSR count). The Labute approximate surface area is 103 Å². The molecule has 0 aliphatic heterocycles. The minimum atomic E-state index is 0.477. The van der Waals surface area contributed by atoms with Crippen molar-refractivity contribution in [1.29, 1.82) is 5.26 Å². The first-order valence-electron chi connectivity index (χ1n) is 5.65. The molecule has 0 heterocycles. The van der Waals surface area contributed by atoms with Crippen LogP contribution in [0.25, 0.3) is 6.08 Å². The van der Waals surface area contributed by atoms with Crippen molar-refractivity contribution >= 4 is 6.08 Å². The predicted octanol–water partition coefficient (Wildman–Crippen LogP) is 2.58. The van der Waals surface area contributed by atoms with Gasteiger partial charge in [0.15, 0.2) is 0 Å². The second kappa shape index (κ2) is 6.72. The lowest BCUT2D eigenvalue weighted by molar-refractivity contribution is 0.413. The molecular weight excluding hydrogens is 212 g/mol. The first-order chi connectivity index (χ1) is 8.17. The summed E-state index contributed by atoms with van der Waals surface area (Å²) in [5.74, 6) is 0.616. The van der Waals surface area contributed by atoms with Crippen molar-refractivity contribution < 1.29 is 4.74 Å². The molecule has 0 bridgehead atoms. The number of hydrogen-bond acceptors (Lipinski definition) is 3. The SMILES string of the molecule is COc1ccc(C=CCNC(C)C)cc1C#N. The van der Waals surface area contributed by atoms with Crippen molar-refractivity contribution in [2.24, 2.45) is 0 Å². The highest BCUT2D eigenvalue weighted by molar-refractivity contribution is 5.56. The van der Waals surface area contributed by atoms with Crippen LogP contribution in [0.2, 0.25) is 0 Å². The van der Waals surface area contributed by atoms with Crippen LogP contribution in [0.5, 0.6) is 5.75 Å². The molecule has 17 heavy (non-hydrogen) atoms. The summed E-state index contributed by atoms with van der Waals surface area (Å²) in [7, 11) is 1.57. The van der Waals surface area contributed by atoms with Crippen molar-refractivity contribution in [2.45, 2.75) is 19.9 Å². The quantitative estimate of drug-likeness (QED) is 0.845. The molecule has 3 heteroatoms. The van der Waals surface area contributed by atoms with E-state index < -0.39 is 0 Å². The lowest BCUT2D eigenvalue weighted by atomic mass is 10.1. The number of rotatable bonds is 5. The topological polar surface area (TPSA) is 45.0 Å². The van der Waals surface area contributed by atoms with Crippen LogP contribution in [-0.4, -0.2) is 19.7 Å². The highest BCUT2D eigenvalue weighted by Crippen LogP contribution is 2.19. The number of ether oxygens (including phenoxy) is 1. The first-order valence-corrected chi connectivity index (χ1v) is 5.65. The highest BCUT2D eigenvalue weighted by atomic mass is 16.5. The van der Waals surface area contributed by atoms with E-state index in [0.29, 0.717) is 17.4 Å². The van der Waals surface area contributed by atoms with E-state index >= 15 is 0 Å². The molecule has 0 aliphatic rings. The molecular formula is C14H18N2O. The van der Waals surface area contributed by atoms with E-state index in [-0.39, 0.29) is 0 Å². The Hall–Kier alpha value is -1.79. The van der Waals surface area contributed by atoms with Crippen LogP contribution in [0.15, 0.2) is 24.3 Å². The molecule has 90 valence electrons. The van der Waals surface area contributed by atoms with Crippen LogP contribution in [-0.2, 0) is 0 Å². The van der Waals surface area contributed by atoms with E-state index in [9.17, 15) is 0 Å². The minimum absolute atomic E-state index is 0.477. The Kier molecular flexibility index (Phi) is 5.25. The summed E-state index contributed by atoms with van der Waals surface area (Å²) < 4.78 is 5.09. The van der Waals surface area contributed by atoms with Crippen LogP contribution in [0, 0.1) is 11.3 Å². The molecule has 0 aliphatic carbocycles. The normalized spacial score (nSPS) is 10.8. The van der Waals surface area contributed by atoms with Gasteiger partial charge in [0.25, 0.3) is 0 Å². The summed E-state index contributed by atoms with van der Waals surface area (Å²) in [5.41, 5.74) is 1.57. The van der Waals surface area contributed by atoms with Crippen molar-refractivity contribution in [2.75, 3.05) is 13.7 Å².